The molecule has 1 saturated carbocycles. The minimum Gasteiger partial charge on any atom is -0.404 e. The van der Waals surface area contributed by atoms with Gasteiger partial charge in [0.2, 0.25) is 0 Å². The van der Waals surface area contributed by atoms with Gasteiger partial charge in [0, 0.05) is 51.6 Å². The van der Waals surface area contributed by atoms with Crippen LogP contribution in [0.1, 0.15) is 47.0 Å². The molecule has 192 valence electrons. The number of carbonyl (C=O) groups is 2. The highest BCUT2D eigenvalue weighted by Crippen LogP contribution is 2.37. The van der Waals surface area contributed by atoms with E-state index in [1.807, 2.05) is 4.90 Å². The standard InChI is InChI=1S/C26H40N6O3/c1-7-22(32-25(35)29(6)24(34)26(32,4)5)28-11-10-23(33)31-14-12-30(13-15-31)19(3)18(2)16-21(17-27)20-8-9-20/h7,11,16-17,20,23,33H,3,8-10,12-15,27H2,1-2,4-6H3/b18-16-,21-17+,22-7+,28-11?. The maximum Gasteiger partial charge on any atom is 0.333 e. The zero-order valence-electron chi connectivity index (χ0n) is 21.7. The van der Waals surface area contributed by atoms with Crippen molar-refractivity contribution in [3.8, 4) is 0 Å². The number of aliphatic imine (C=N–C) groups is 1. The third-order valence-electron chi connectivity index (χ3n) is 7.09. The number of allylic oxidation sites excluding steroid dienone is 4. The number of hydrogen-bond acceptors (Lipinski definition) is 7. The zero-order valence-corrected chi connectivity index (χ0v) is 21.7. The van der Waals surface area contributed by atoms with Gasteiger partial charge in [-0.05, 0) is 69.9 Å². The van der Waals surface area contributed by atoms with Gasteiger partial charge in [-0.25, -0.2) is 9.79 Å². The van der Waals surface area contributed by atoms with Crippen LogP contribution in [0.15, 0.2) is 52.6 Å². The molecule has 0 bridgehead atoms. The number of rotatable bonds is 9. The molecular weight excluding hydrogens is 444 g/mol. The molecule has 3 aliphatic rings. The maximum atomic E-state index is 12.6. The maximum absolute atomic E-state index is 12.6. The van der Waals surface area contributed by atoms with Gasteiger partial charge in [-0.15, -0.1) is 0 Å². The molecule has 2 heterocycles. The van der Waals surface area contributed by atoms with Crippen molar-refractivity contribution < 1.29 is 14.7 Å². The molecule has 1 atom stereocenters. The topological polar surface area (TPSA) is 106 Å². The largest absolute Gasteiger partial charge is 0.404 e. The van der Waals surface area contributed by atoms with Gasteiger partial charge in [0.15, 0.2) is 0 Å². The Hall–Kier alpha value is -2.91. The molecule has 0 spiro atoms. The van der Waals surface area contributed by atoms with E-state index in [2.05, 4.69) is 29.5 Å². The Labute approximate surface area is 208 Å². The first-order valence-electron chi connectivity index (χ1n) is 12.3. The summed E-state index contributed by atoms with van der Waals surface area (Å²) in [6.45, 7) is 14.5. The molecule has 35 heavy (non-hydrogen) atoms. The Balaban J connectivity index is 1.52. The molecule has 2 saturated heterocycles. The van der Waals surface area contributed by atoms with E-state index in [0.717, 1.165) is 29.3 Å². The normalized spacial score (nSPS) is 23.6. The molecule has 1 unspecified atom stereocenters. The van der Waals surface area contributed by atoms with Gasteiger partial charge in [-0.3, -0.25) is 19.5 Å². The zero-order chi connectivity index (χ0) is 25.9. The minimum absolute atomic E-state index is 0.274. The van der Waals surface area contributed by atoms with E-state index < -0.39 is 17.8 Å². The molecule has 3 rings (SSSR count). The van der Waals surface area contributed by atoms with E-state index in [1.165, 1.54) is 30.4 Å². The molecule has 3 amide bonds. The third kappa shape index (κ3) is 5.67. The van der Waals surface area contributed by atoms with Crippen LogP contribution in [-0.4, -0.2) is 87.9 Å². The van der Waals surface area contributed by atoms with Gasteiger partial charge < -0.3 is 15.7 Å². The molecule has 9 nitrogen and oxygen atoms in total. The molecule has 0 radical (unpaired) electrons. The van der Waals surface area contributed by atoms with Crippen LogP contribution in [0.4, 0.5) is 4.79 Å². The minimum atomic E-state index is -1.01. The second-order valence-corrected chi connectivity index (χ2v) is 9.95. The summed E-state index contributed by atoms with van der Waals surface area (Å²) in [5, 5.41) is 10.7. The van der Waals surface area contributed by atoms with Crippen molar-refractivity contribution in [2.24, 2.45) is 16.6 Å². The Bertz CT molecular complexity index is 968. The number of imide groups is 1. The van der Waals surface area contributed by atoms with Crippen molar-refractivity contribution in [3.63, 3.8) is 0 Å². The molecule has 3 N–H and O–H groups in total. The fraction of sp³-hybridized carbons (Fsp3) is 0.577. The molecular formula is C26H40N6O3. The van der Waals surface area contributed by atoms with Crippen molar-refractivity contribution in [1.82, 2.24) is 19.6 Å². The lowest BCUT2D eigenvalue weighted by molar-refractivity contribution is -0.130. The highest BCUT2D eigenvalue weighted by Gasteiger charge is 2.51. The van der Waals surface area contributed by atoms with Crippen LogP contribution in [0.25, 0.3) is 0 Å². The number of hydrogen-bond donors (Lipinski definition) is 2. The van der Waals surface area contributed by atoms with E-state index in [4.69, 9.17) is 5.73 Å². The fourth-order valence-corrected chi connectivity index (χ4v) is 4.61. The van der Waals surface area contributed by atoms with Gasteiger partial charge in [-0.1, -0.05) is 12.7 Å². The van der Waals surface area contributed by atoms with Crippen LogP contribution in [0, 0.1) is 5.92 Å². The Kier molecular flexibility index (Phi) is 8.22. The first-order chi connectivity index (χ1) is 16.5. The number of urea groups is 1. The number of aliphatic hydroxyl groups excluding tert-OH is 1. The monoisotopic (exact) mass is 484 g/mol. The number of amides is 3. The summed E-state index contributed by atoms with van der Waals surface area (Å²) in [6, 6.07) is -0.405. The van der Waals surface area contributed by atoms with Crippen molar-refractivity contribution >= 4 is 18.2 Å². The second kappa shape index (κ2) is 10.8. The number of likely N-dealkylation sites (N-methyl/N-ethyl adjacent to an activating group) is 1. The summed E-state index contributed by atoms with van der Waals surface area (Å²) in [7, 11) is 1.47. The average Bonchev–Trinajstić information content (AvgIpc) is 3.67. The smallest absolute Gasteiger partial charge is 0.333 e. The summed E-state index contributed by atoms with van der Waals surface area (Å²) in [4.78, 5) is 36.1. The summed E-state index contributed by atoms with van der Waals surface area (Å²) in [5.74, 6) is 0.713. The second-order valence-electron chi connectivity index (χ2n) is 9.95. The molecule has 1 aliphatic carbocycles. The van der Waals surface area contributed by atoms with Crippen molar-refractivity contribution in [2.75, 3.05) is 33.2 Å². The van der Waals surface area contributed by atoms with E-state index in [0.29, 0.717) is 31.2 Å². The van der Waals surface area contributed by atoms with Crippen molar-refractivity contribution in [2.45, 2.75) is 58.7 Å². The number of nitrogens with two attached hydrogens (primary N) is 1. The van der Waals surface area contributed by atoms with Gasteiger partial charge in [0.05, 0.1) is 0 Å². The quantitative estimate of drug-likeness (QED) is 0.296. The fourth-order valence-electron chi connectivity index (χ4n) is 4.61. The van der Waals surface area contributed by atoms with E-state index >= 15 is 0 Å². The first-order valence-corrected chi connectivity index (χ1v) is 12.3. The highest BCUT2D eigenvalue weighted by atomic mass is 16.3. The Morgan fingerprint density at radius 3 is 2.37 bits per heavy atom. The first kappa shape index (κ1) is 26.7. The number of carbonyl (C=O) groups excluding carboxylic acids is 2. The lowest BCUT2D eigenvalue weighted by Gasteiger charge is -2.39. The SMILES string of the molecule is C=C(/C(C)=C\C(=C/N)C1CC1)N1CCN(C(O)CC=N/C(=C\C)N2C(=O)N(C)C(=O)C2(C)C)CC1. The number of nitrogens with zero attached hydrogens (tertiary/aromatic N) is 5. The predicted molar refractivity (Wildman–Crippen MR) is 138 cm³/mol. The lowest BCUT2D eigenvalue weighted by Crippen LogP contribution is -2.50. The van der Waals surface area contributed by atoms with E-state index in [1.54, 1.807) is 39.3 Å². The van der Waals surface area contributed by atoms with Crippen LogP contribution >= 0.6 is 0 Å². The molecule has 3 fully saturated rings. The number of aliphatic hydroxyl groups is 1. The summed E-state index contributed by atoms with van der Waals surface area (Å²) < 4.78 is 0. The van der Waals surface area contributed by atoms with Crippen LogP contribution < -0.4 is 5.73 Å². The Morgan fingerprint density at radius 2 is 1.89 bits per heavy atom. The van der Waals surface area contributed by atoms with Gasteiger partial charge in [-0.2, -0.15) is 0 Å². The van der Waals surface area contributed by atoms with Crippen molar-refractivity contribution in [3.05, 3.63) is 47.6 Å². The molecule has 0 aromatic heterocycles. The predicted octanol–water partition coefficient (Wildman–Crippen LogP) is 2.63. The van der Waals surface area contributed by atoms with E-state index in [9.17, 15) is 14.7 Å². The van der Waals surface area contributed by atoms with E-state index in [-0.39, 0.29) is 5.91 Å². The molecule has 0 aromatic rings. The van der Waals surface area contributed by atoms with Crippen LogP contribution in [0.2, 0.25) is 0 Å². The average molecular weight is 485 g/mol. The molecule has 2 aliphatic heterocycles. The summed E-state index contributed by atoms with van der Waals surface area (Å²) in [6.07, 6.45) is 9.21. The number of piperazine rings is 1. The van der Waals surface area contributed by atoms with Gasteiger partial charge in [0.25, 0.3) is 5.91 Å². The summed E-state index contributed by atoms with van der Waals surface area (Å²) >= 11 is 0. The molecule has 9 heteroatoms. The van der Waals surface area contributed by atoms with Gasteiger partial charge >= 0.3 is 6.03 Å². The summed E-state index contributed by atoms with van der Waals surface area (Å²) in [5.41, 5.74) is 8.09. The highest BCUT2D eigenvalue weighted by molar-refractivity contribution is 6.07. The van der Waals surface area contributed by atoms with Crippen LogP contribution in [-0.2, 0) is 4.79 Å². The van der Waals surface area contributed by atoms with Crippen molar-refractivity contribution in [1.29, 1.82) is 0 Å². The molecule has 0 aromatic carbocycles. The Morgan fingerprint density at radius 1 is 1.26 bits per heavy atom. The lowest BCUT2D eigenvalue weighted by atomic mass is 10.0. The van der Waals surface area contributed by atoms with Crippen LogP contribution in [0.3, 0.4) is 0 Å². The van der Waals surface area contributed by atoms with Gasteiger partial charge in [0.1, 0.15) is 17.6 Å². The van der Waals surface area contributed by atoms with Crippen LogP contribution in [0.5, 0.6) is 0 Å². The third-order valence-corrected chi connectivity index (χ3v) is 7.09.